The highest BCUT2D eigenvalue weighted by molar-refractivity contribution is 5.78. The second kappa shape index (κ2) is 7.83. The molecule has 2 aliphatic heterocycles. The minimum atomic E-state index is 0.180. The zero-order valence-corrected chi connectivity index (χ0v) is 15.2. The molecule has 0 bridgehead atoms. The van der Waals surface area contributed by atoms with Crippen molar-refractivity contribution in [3.63, 3.8) is 0 Å². The molecule has 1 N–H and O–H groups in total. The van der Waals surface area contributed by atoms with E-state index in [0.717, 1.165) is 52.1 Å². The molecule has 1 aliphatic carbocycles. The minimum absolute atomic E-state index is 0.180. The van der Waals surface area contributed by atoms with E-state index in [1.165, 1.54) is 12.8 Å². The zero-order chi connectivity index (χ0) is 17.1. The third-order valence-corrected chi connectivity index (χ3v) is 5.96. The van der Waals surface area contributed by atoms with Gasteiger partial charge in [0.2, 0.25) is 11.8 Å². The molecule has 3 rings (SSSR count). The number of piperazine rings is 1. The van der Waals surface area contributed by atoms with Crippen LogP contribution in [0.5, 0.6) is 0 Å². The fraction of sp³-hybridized carbons (Fsp3) is 0.889. The van der Waals surface area contributed by atoms with E-state index in [-0.39, 0.29) is 11.8 Å². The van der Waals surface area contributed by atoms with Crippen molar-refractivity contribution in [3.8, 4) is 0 Å². The molecule has 6 heteroatoms. The summed E-state index contributed by atoms with van der Waals surface area (Å²) in [4.78, 5) is 30.5. The van der Waals surface area contributed by atoms with Gasteiger partial charge < -0.3 is 10.2 Å². The molecule has 3 aliphatic rings. The Morgan fingerprint density at radius 1 is 1.04 bits per heavy atom. The van der Waals surface area contributed by atoms with Crippen molar-refractivity contribution < 1.29 is 9.59 Å². The van der Waals surface area contributed by atoms with Gasteiger partial charge in [-0.05, 0) is 18.8 Å². The van der Waals surface area contributed by atoms with Crippen LogP contribution in [0, 0.1) is 5.92 Å². The average Bonchev–Trinajstić information content (AvgIpc) is 3.17. The van der Waals surface area contributed by atoms with Crippen LogP contribution in [0.2, 0.25) is 0 Å². The van der Waals surface area contributed by atoms with Gasteiger partial charge in [0.25, 0.3) is 0 Å². The molecule has 0 spiro atoms. The Balaban J connectivity index is 1.44. The van der Waals surface area contributed by atoms with Gasteiger partial charge in [-0.15, -0.1) is 0 Å². The van der Waals surface area contributed by atoms with E-state index in [0.29, 0.717) is 24.5 Å². The van der Waals surface area contributed by atoms with E-state index in [1.807, 2.05) is 4.90 Å². The summed E-state index contributed by atoms with van der Waals surface area (Å²) in [7, 11) is 0. The Kier molecular flexibility index (Phi) is 5.76. The molecular weight excluding hydrogens is 304 g/mol. The van der Waals surface area contributed by atoms with Crippen molar-refractivity contribution >= 4 is 11.8 Å². The van der Waals surface area contributed by atoms with Crippen LogP contribution < -0.4 is 5.32 Å². The molecule has 0 radical (unpaired) electrons. The predicted molar refractivity (Wildman–Crippen MR) is 93.6 cm³/mol. The summed E-state index contributed by atoms with van der Waals surface area (Å²) in [5.74, 6) is 0.948. The van der Waals surface area contributed by atoms with Crippen LogP contribution >= 0.6 is 0 Å². The highest BCUT2D eigenvalue weighted by Gasteiger charge is 2.36. The number of rotatable bonds is 4. The molecule has 2 atom stereocenters. The van der Waals surface area contributed by atoms with Gasteiger partial charge in [0, 0.05) is 58.3 Å². The predicted octanol–water partition coefficient (Wildman–Crippen LogP) is 0.530. The highest BCUT2D eigenvalue weighted by atomic mass is 16.2. The summed E-state index contributed by atoms with van der Waals surface area (Å²) in [5, 5.41) is 3.19. The monoisotopic (exact) mass is 336 g/mol. The van der Waals surface area contributed by atoms with Crippen molar-refractivity contribution in [2.75, 3.05) is 45.8 Å². The SMILES string of the molecule is CC(=O)N1CCN([C@@H]2CN(CC(=O)NC3CCCC3)C[C@@H]2C)CC1. The molecule has 0 aromatic carbocycles. The van der Waals surface area contributed by atoms with Gasteiger partial charge in [0.15, 0.2) is 0 Å². The van der Waals surface area contributed by atoms with Crippen molar-refractivity contribution in [1.29, 1.82) is 0 Å². The maximum Gasteiger partial charge on any atom is 0.234 e. The van der Waals surface area contributed by atoms with Gasteiger partial charge in [-0.25, -0.2) is 0 Å². The normalized spacial score (nSPS) is 30.0. The molecule has 24 heavy (non-hydrogen) atoms. The lowest BCUT2D eigenvalue weighted by atomic mass is 10.0. The Hall–Kier alpha value is -1.14. The van der Waals surface area contributed by atoms with E-state index in [2.05, 4.69) is 22.0 Å². The van der Waals surface area contributed by atoms with E-state index in [1.54, 1.807) is 6.92 Å². The van der Waals surface area contributed by atoms with Crippen LogP contribution in [0.4, 0.5) is 0 Å². The molecule has 136 valence electrons. The third-order valence-electron chi connectivity index (χ3n) is 5.96. The molecule has 2 amide bonds. The van der Waals surface area contributed by atoms with Crippen LogP contribution in [0.1, 0.15) is 39.5 Å². The highest BCUT2D eigenvalue weighted by Crippen LogP contribution is 2.23. The summed E-state index contributed by atoms with van der Waals surface area (Å²) < 4.78 is 0. The Morgan fingerprint density at radius 3 is 2.33 bits per heavy atom. The molecule has 0 aromatic rings. The zero-order valence-electron chi connectivity index (χ0n) is 15.2. The van der Waals surface area contributed by atoms with E-state index >= 15 is 0 Å². The minimum Gasteiger partial charge on any atom is -0.352 e. The number of carbonyl (C=O) groups excluding carboxylic acids is 2. The smallest absolute Gasteiger partial charge is 0.234 e. The van der Waals surface area contributed by atoms with E-state index < -0.39 is 0 Å². The van der Waals surface area contributed by atoms with Crippen LogP contribution in [-0.4, -0.2) is 84.4 Å². The van der Waals surface area contributed by atoms with Crippen LogP contribution in [-0.2, 0) is 9.59 Å². The number of hydrogen-bond donors (Lipinski definition) is 1. The van der Waals surface area contributed by atoms with E-state index in [9.17, 15) is 9.59 Å². The topological polar surface area (TPSA) is 55.9 Å². The lowest BCUT2D eigenvalue weighted by Crippen LogP contribution is -2.53. The maximum atomic E-state index is 12.3. The second-order valence-corrected chi connectivity index (χ2v) is 7.83. The molecule has 3 fully saturated rings. The lowest BCUT2D eigenvalue weighted by Gasteiger charge is -2.39. The first-order valence-electron chi connectivity index (χ1n) is 9.54. The molecule has 0 unspecified atom stereocenters. The number of nitrogens with one attached hydrogen (secondary N) is 1. The van der Waals surface area contributed by atoms with Crippen molar-refractivity contribution in [2.45, 2.75) is 51.6 Å². The van der Waals surface area contributed by atoms with Gasteiger partial charge >= 0.3 is 0 Å². The fourth-order valence-electron chi connectivity index (χ4n) is 4.57. The number of hydrogen-bond acceptors (Lipinski definition) is 4. The number of amides is 2. The summed E-state index contributed by atoms with van der Waals surface area (Å²) in [6.07, 6.45) is 4.79. The largest absolute Gasteiger partial charge is 0.352 e. The molecule has 1 saturated carbocycles. The summed E-state index contributed by atoms with van der Waals surface area (Å²) >= 11 is 0. The first-order valence-corrected chi connectivity index (χ1v) is 9.54. The summed E-state index contributed by atoms with van der Waals surface area (Å²) in [6, 6.07) is 0.923. The van der Waals surface area contributed by atoms with Crippen LogP contribution in [0.3, 0.4) is 0 Å². The van der Waals surface area contributed by atoms with Crippen LogP contribution in [0.15, 0.2) is 0 Å². The van der Waals surface area contributed by atoms with Crippen LogP contribution in [0.25, 0.3) is 0 Å². The van der Waals surface area contributed by atoms with Gasteiger partial charge in [-0.1, -0.05) is 19.8 Å². The second-order valence-electron chi connectivity index (χ2n) is 7.83. The van der Waals surface area contributed by atoms with Crippen molar-refractivity contribution in [2.24, 2.45) is 5.92 Å². The van der Waals surface area contributed by atoms with E-state index in [4.69, 9.17) is 0 Å². The van der Waals surface area contributed by atoms with Gasteiger partial charge in [-0.3, -0.25) is 19.4 Å². The van der Waals surface area contributed by atoms with Crippen molar-refractivity contribution in [3.05, 3.63) is 0 Å². The quantitative estimate of drug-likeness (QED) is 0.814. The van der Waals surface area contributed by atoms with Gasteiger partial charge in [-0.2, -0.15) is 0 Å². The first kappa shape index (κ1) is 17.7. The number of likely N-dealkylation sites (tertiary alicyclic amines) is 1. The third kappa shape index (κ3) is 4.28. The molecular formula is C18H32N4O2. The Morgan fingerprint density at radius 2 is 1.71 bits per heavy atom. The molecule has 2 saturated heterocycles. The van der Waals surface area contributed by atoms with Gasteiger partial charge in [0.1, 0.15) is 0 Å². The fourth-order valence-corrected chi connectivity index (χ4v) is 4.57. The van der Waals surface area contributed by atoms with Crippen molar-refractivity contribution in [1.82, 2.24) is 20.0 Å². The molecule has 6 nitrogen and oxygen atoms in total. The summed E-state index contributed by atoms with van der Waals surface area (Å²) in [6.45, 7) is 10.0. The first-order chi connectivity index (χ1) is 11.5. The Labute approximate surface area is 145 Å². The standard InChI is InChI=1S/C18H32N4O2/c1-14-11-20(13-18(24)19-16-5-3-4-6-16)12-17(14)22-9-7-21(8-10-22)15(2)23/h14,16-17H,3-13H2,1-2H3,(H,19,24)/t14-,17+/m0/s1. The lowest BCUT2D eigenvalue weighted by molar-refractivity contribution is -0.131. The Bertz CT molecular complexity index is 456. The molecule has 0 aromatic heterocycles. The van der Waals surface area contributed by atoms with Gasteiger partial charge in [0.05, 0.1) is 6.54 Å². The average molecular weight is 336 g/mol. The number of carbonyl (C=O) groups is 2. The molecule has 2 heterocycles. The maximum absolute atomic E-state index is 12.3. The number of nitrogens with zero attached hydrogens (tertiary/aromatic N) is 3. The summed E-state index contributed by atoms with van der Waals surface area (Å²) in [5.41, 5.74) is 0.